The Morgan fingerprint density at radius 1 is 1.22 bits per heavy atom. The van der Waals surface area contributed by atoms with Gasteiger partial charge in [-0.2, -0.15) is 0 Å². The first kappa shape index (κ1) is 18.5. The third-order valence-electron chi connectivity index (χ3n) is 4.79. The maximum absolute atomic E-state index is 12.3. The molecule has 134 valence electrons. The van der Waals surface area contributed by atoms with Gasteiger partial charge >= 0.3 is 6.09 Å². The highest BCUT2D eigenvalue weighted by Crippen LogP contribution is 2.26. The van der Waals surface area contributed by atoms with Gasteiger partial charge in [0.05, 0.1) is 0 Å². The molecule has 2 atom stereocenters. The van der Waals surface area contributed by atoms with E-state index in [-0.39, 0.29) is 6.09 Å². The lowest BCUT2D eigenvalue weighted by Crippen LogP contribution is -2.47. The molecule has 5 nitrogen and oxygen atoms in total. The molecule has 23 heavy (non-hydrogen) atoms. The van der Waals surface area contributed by atoms with Gasteiger partial charge in [0.25, 0.3) is 0 Å². The first-order valence-electron chi connectivity index (χ1n) is 9.36. The van der Waals surface area contributed by atoms with Crippen molar-refractivity contribution in [3.63, 3.8) is 0 Å². The molecule has 1 amide bonds. The lowest BCUT2D eigenvalue weighted by atomic mass is 9.99. The van der Waals surface area contributed by atoms with Crippen LogP contribution in [0, 0.1) is 0 Å². The molecule has 5 heteroatoms. The van der Waals surface area contributed by atoms with Crippen molar-refractivity contribution in [1.82, 2.24) is 15.1 Å². The fraction of sp³-hybridized carbons (Fsp3) is 0.944. The van der Waals surface area contributed by atoms with E-state index in [1.807, 2.05) is 25.7 Å². The molecule has 0 bridgehead atoms. The second-order valence-electron chi connectivity index (χ2n) is 7.92. The van der Waals surface area contributed by atoms with Gasteiger partial charge in [0.1, 0.15) is 5.60 Å². The molecule has 0 spiro atoms. The van der Waals surface area contributed by atoms with E-state index in [9.17, 15) is 4.79 Å². The Morgan fingerprint density at radius 3 is 2.70 bits per heavy atom. The van der Waals surface area contributed by atoms with E-state index in [1.54, 1.807) is 0 Å². The summed E-state index contributed by atoms with van der Waals surface area (Å²) in [5.74, 6) is 0. The first-order chi connectivity index (χ1) is 10.9. The van der Waals surface area contributed by atoms with Gasteiger partial charge in [-0.3, -0.25) is 4.90 Å². The minimum Gasteiger partial charge on any atom is -0.444 e. The number of hydrogen-bond acceptors (Lipinski definition) is 4. The molecule has 2 aliphatic rings. The number of nitrogens with zero attached hydrogens (tertiary/aromatic N) is 2. The number of hydrogen-bond donors (Lipinski definition) is 1. The summed E-state index contributed by atoms with van der Waals surface area (Å²) in [7, 11) is 0. The van der Waals surface area contributed by atoms with Crippen LogP contribution in [-0.2, 0) is 4.74 Å². The van der Waals surface area contributed by atoms with Gasteiger partial charge < -0.3 is 15.0 Å². The summed E-state index contributed by atoms with van der Waals surface area (Å²) in [6.45, 7) is 12.7. The summed E-state index contributed by atoms with van der Waals surface area (Å²) < 4.78 is 5.51. The van der Waals surface area contributed by atoms with Gasteiger partial charge in [0.15, 0.2) is 0 Å². The van der Waals surface area contributed by atoms with Crippen LogP contribution in [0.5, 0.6) is 0 Å². The molecule has 2 fully saturated rings. The smallest absolute Gasteiger partial charge is 0.410 e. The fourth-order valence-corrected chi connectivity index (χ4v) is 3.76. The molecule has 1 N–H and O–H groups in total. The average Bonchev–Trinajstić information content (AvgIpc) is 2.88. The number of fused-ring (bicyclic) bond motifs is 1. The van der Waals surface area contributed by atoms with Crippen LogP contribution < -0.4 is 5.32 Å². The summed E-state index contributed by atoms with van der Waals surface area (Å²) >= 11 is 0. The Hall–Kier alpha value is -0.810. The van der Waals surface area contributed by atoms with E-state index in [4.69, 9.17) is 4.74 Å². The predicted molar refractivity (Wildman–Crippen MR) is 93.7 cm³/mol. The molecular weight excluding hydrogens is 290 g/mol. The van der Waals surface area contributed by atoms with Gasteiger partial charge in [0, 0.05) is 38.3 Å². The molecule has 2 heterocycles. The van der Waals surface area contributed by atoms with Crippen LogP contribution in [0.25, 0.3) is 0 Å². The number of nitrogens with one attached hydrogen (secondary N) is 1. The average molecular weight is 325 g/mol. The van der Waals surface area contributed by atoms with Crippen molar-refractivity contribution in [2.24, 2.45) is 0 Å². The van der Waals surface area contributed by atoms with Gasteiger partial charge in [-0.15, -0.1) is 0 Å². The number of ether oxygens (including phenoxy) is 1. The highest BCUT2D eigenvalue weighted by atomic mass is 16.6. The predicted octanol–water partition coefficient (Wildman–Crippen LogP) is 2.85. The summed E-state index contributed by atoms with van der Waals surface area (Å²) in [6.07, 6.45) is 6.05. The largest absolute Gasteiger partial charge is 0.444 e. The van der Waals surface area contributed by atoms with Crippen LogP contribution in [0.2, 0.25) is 0 Å². The van der Waals surface area contributed by atoms with Crippen molar-refractivity contribution >= 4 is 6.09 Å². The Bertz CT molecular complexity index is 381. The van der Waals surface area contributed by atoms with Crippen LogP contribution >= 0.6 is 0 Å². The van der Waals surface area contributed by atoms with E-state index in [0.717, 1.165) is 26.1 Å². The monoisotopic (exact) mass is 325 g/mol. The maximum atomic E-state index is 12.3. The Kier molecular flexibility index (Phi) is 6.72. The van der Waals surface area contributed by atoms with Crippen LogP contribution in [0.15, 0.2) is 0 Å². The molecular formula is C18H35N3O2. The third kappa shape index (κ3) is 5.64. The zero-order chi connectivity index (χ0) is 16.9. The van der Waals surface area contributed by atoms with Crippen molar-refractivity contribution in [2.45, 2.75) is 77.5 Å². The van der Waals surface area contributed by atoms with Crippen LogP contribution in [0.3, 0.4) is 0 Å². The first-order valence-corrected chi connectivity index (χ1v) is 9.36. The molecule has 2 saturated heterocycles. The molecule has 0 aromatic rings. The number of carbonyl (C=O) groups excluding carboxylic acids is 1. The fourth-order valence-electron chi connectivity index (χ4n) is 3.76. The zero-order valence-electron chi connectivity index (χ0n) is 15.4. The van der Waals surface area contributed by atoms with E-state index >= 15 is 0 Å². The second kappa shape index (κ2) is 8.34. The molecule has 0 aromatic carbocycles. The Labute approximate surface area is 141 Å². The normalized spacial score (nSPS) is 25.2. The quantitative estimate of drug-likeness (QED) is 0.815. The lowest BCUT2D eigenvalue weighted by molar-refractivity contribution is 0.0250. The van der Waals surface area contributed by atoms with Crippen molar-refractivity contribution in [3.8, 4) is 0 Å². The number of rotatable bonds is 6. The SMILES string of the molecule is CCCN(CCNC1CCN2CCCCC12)C(=O)OC(C)(C)C. The summed E-state index contributed by atoms with van der Waals surface area (Å²) in [5.41, 5.74) is -0.426. The number of carbonyl (C=O) groups is 1. The molecule has 0 radical (unpaired) electrons. The van der Waals surface area contributed by atoms with Crippen LogP contribution in [0.1, 0.15) is 59.8 Å². The lowest BCUT2D eigenvalue weighted by Gasteiger charge is -2.33. The number of amides is 1. The van der Waals surface area contributed by atoms with E-state index in [2.05, 4.69) is 17.1 Å². The van der Waals surface area contributed by atoms with Gasteiger partial charge in [0.2, 0.25) is 0 Å². The molecule has 2 rings (SSSR count). The van der Waals surface area contributed by atoms with Gasteiger partial charge in [-0.05, 0) is 53.0 Å². The highest BCUT2D eigenvalue weighted by molar-refractivity contribution is 5.68. The minimum absolute atomic E-state index is 0.188. The molecule has 0 aromatic heterocycles. The maximum Gasteiger partial charge on any atom is 0.410 e. The van der Waals surface area contributed by atoms with E-state index in [0.29, 0.717) is 12.1 Å². The Morgan fingerprint density at radius 2 is 2.00 bits per heavy atom. The Balaban J connectivity index is 1.76. The van der Waals surface area contributed by atoms with Crippen molar-refractivity contribution in [3.05, 3.63) is 0 Å². The summed E-state index contributed by atoms with van der Waals surface area (Å²) in [5, 5.41) is 3.70. The zero-order valence-corrected chi connectivity index (χ0v) is 15.4. The molecule has 0 saturated carbocycles. The minimum atomic E-state index is -0.426. The highest BCUT2D eigenvalue weighted by Gasteiger charge is 2.35. The molecule has 0 aliphatic carbocycles. The molecule has 2 aliphatic heterocycles. The van der Waals surface area contributed by atoms with E-state index in [1.165, 1.54) is 38.8 Å². The van der Waals surface area contributed by atoms with Gasteiger partial charge in [-0.1, -0.05) is 13.3 Å². The van der Waals surface area contributed by atoms with Crippen molar-refractivity contribution in [2.75, 3.05) is 32.7 Å². The second-order valence-corrected chi connectivity index (χ2v) is 7.92. The topological polar surface area (TPSA) is 44.8 Å². The van der Waals surface area contributed by atoms with Crippen LogP contribution in [0.4, 0.5) is 4.79 Å². The van der Waals surface area contributed by atoms with Crippen LogP contribution in [-0.4, -0.2) is 66.3 Å². The van der Waals surface area contributed by atoms with E-state index < -0.39 is 5.60 Å². The molecule has 2 unspecified atom stereocenters. The summed E-state index contributed by atoms with van der Waals surface area (Å²) in [4.78, 5) is 16.7. The van der Waals surface area contributed by atoms with Crippen molar-refractivity contribution in [1.29, 1.82) is 0 Å². The third-order valence-corrected chi connectivity index (χ3v) is 4.79. The summed E-state index contributed by atoms with van der Waals surface area (Å²) in [6, 6.07) is 1.31. The standard InChI is InChI=1S/C18H35N3O2/c1-5-11-21(17(22)23-18(2,3)4)14-10-19-15-9-13-20-12-7-6-8-16(15)20/h15-16,19H,5-14H2,1-4H3. The van der Waals surface area contributed by atoms with Crippen molar-refractivity contribution < 1.29 is 9.53 Å². The number of piperidine rings is 1. The van der Waals surface area contributed by atoms with Gasteiger partial charge in [-0.25, -0.2) is 4.79 Å².